The number of rotatable bonds is 6. The zero-order valence-corrected chi connectivity index (χ0v) is 17.6. The van der Waals surface area contributed by atoms with Gasteiger partial charge in [-0.15, -0.1) is 0 Å². The van der Waals surface area contributed by atoms with Crippen LogP contribution in [0.3, 0.4) is 0 Å². The number of carbonyl (C=O) groups is 2. The number of nitrogens with one attached hydrogen (secondary N) is 2. The van der Waals surface area contributed by atoms with E-state index in [9.17, 15) is 29.8 Å². The number of nitro groups is 2. The van der Waals surface area contributed by atoms with Crippen molar-refractivity contribution in [1.82, 2.24) is 5.32 Å². The van der Waals surface area contributed by atoms with Crippen LogP contribution in [0.4, 0.5) is 22.7 Å². The molecule has 2 aromatic rings. The summed E-state index contributed by atoms with van der Waals surface area (Å²) in [4.78, 5) is 46.6. The first kappa shape index (κ1) is 21.9. The van der Waals surface area contributed by atoms with E-state index in [1.54, 1.807) is 24.3 Å². The molecule has 0 aromatic heterocycles. The van der Waals surface area contributed by atoms with Crippen molar-refractivity contribution in [2.75, 3.05) is 10.3 Å². The molecule has 1 atom stereocenters. The molecule has 0 radical (unpaired) electrons. The van der Waals surface area contributed by atoms with E-state index in [4.69, 9.17) is 12.2 Å². The lowest BCUT2D eigenvalue weighted by Gasteiger charge is -2.30. The van der Waals surface area contributed by atoms with E-state index in [1.807, 2.05) is 0 Å². The van der Waals surface area contributed by atoms with Gasteiger partial charge in [-0.05, 0) is 42.5 Å². The maximum absolute atomic E-state index is 12.8. The predicted octanol–water partition coefficient (Wildman–Crippen LogP) is 2.73. The van der Waals surface area contributed by atoms with Crippen molar-refractivity contribution in [3.05, 3.63) is 67.2 Å². The fourth-order valence-corrected chi connectivity index (χ4v) is 3.18. The van der Waals surface area contributed by atoms with Gasteiger partial charge in [0.2, 0.25) is 5.91 Å². The number of thiocarbonyl (C=S) groups is 1. The van der Waals surface area contributed by atoms with Crippen LogP contribution >= 0.6 is 28.1 Å². The van der Waals surface area contributed by atoms with Crippen molar-refractivity contribution in [2.24, 2.45) is 11.0 Å². The fraction of sp³-hybridized carbons (Fsp3) is 0.0588. The molecule has 0 saturated carbocycles. The van der Waals surface area contributed by atoms with Gasteiger partial charge >= 0.3 is 5.69 Å². The molecule has 14 heteroatoms. The molecule has 1 aliphatic rings. The lowest BCUT2D eigenvalue weighted by atomic mass is 10.1. The number of carbonyl (C=O) groups excluding carboxylic acids is 2. The largest absolute Gasteiger partial charge is 0.301 e. The highest BCUT2D eigenvalue weighted by molar-refractivity contribution is 9.10. The van der Waals surface area contributed by atoms with Crippen molar-refractivity contribution in [3.8, 4) is 0 Å². The van der Waals surface area contributed by atoms with Crippen LogP contribution in [0, 0.1) is 26.1 Å². The molecule has 1 saturated heterocycles. The number of anilines is 2. The zero-order chi connectivity index (χ0) is 22.7. The average Bonchev–Trinajstić information content (AvgIpc) is 2.71. The third-order valence-electron chi connectivity index (χ3n) is 4.08. The van der Waals surface area contributed by atoms with Crippen LogP contribution in [0.1, 0.15) is 0 Å². The fourth-order valence-electron chi connectivity index (χ4n) is 2.62. The molecule has 31 heavy (non-hydrogen) atoms. The molecule has 0 unspecified atom stereocenters. The Bertz CT molecular complexity index is 1140. The summed E-state index contributed by atoms with van der Waals surface area (Å²) in [6, 6.07) is 9.55. The quantitative estimate of drug-likeness (QED) is 0.198. The first-order valence-electron chi connectivity index (χ1n) is 8.35. The molecule has 0 aliphatic carbocycles. The Morgan fingerprint density at radius 2 is 1.81 bits per heavy atom. The normalized spacial score (nSPS) is 16.4. The van der Waals surface area contributed by atoms with Gasteiger partial charge in [0.15, 0.2) is 11.0 Å². The Labute approximate surface area is 187 Å². The van der Waals surface area contributed by atoms with Crippen LogP contribution in [-0.2, 0) is 9.59 Å². The third-order valence-corrected chi connectivity index (χ3v) is 4.90. The number of hydrogen-bond acceptors (Lipinski definition) is 9. The topological polar surface area (TPSA) is 160 Å². The summed E-state index contributed by atoms with van der Waals surface area (Å²) in [6.07, 6.45) is 0.969. The molecule has 2 N–H and O–H groups in total. The second-order valence-corrected chi connectivity index (χ2v) is 7.33. The summed E-state index contributed by atoms with van der Waals surface area (Å²) < 4.78 is 0.780. The van der Waals surface area contributed by atoms with Crippen LogP contribution in [0.2, 0.25) is 0 Å². The highest BCUT2D eigenvalue weighted by Crippen LogP contribution is 2.29. The second kappa shape index (κ2) is 8.93. The molecule has 158 valence electrons. The number of benzene rings is 2. The molecule has 2 aromatic carbocycles. The van der Waals surface area contributed by atoms with Crippen LogP contribution in [-0.4, -0.2) is 33.0 Å². The molecule has 1 fully saturated rings. The van der Waals surface area contributed by atoms with E-state index >= 15 is 0 Å². The van der Waals surface area contributed by atoms with Crippen LogP contribution in [0.15, 0.2) is 52.0 Å². The van der Waals surface area contributed by atoms with E-state index < -0.39 is 39.0 Å². The van der Waals surface area contributed by atoms with E-state index in [-0.39, 0.29) is 10.8 Å². The summed E-state index contributed by atoms with van der Waals surface area (Å²) in [7, 11) is 0. The van der Waals surface area contributed by atoms with Gasteiger partial charge in [-0.25, -0.2) is 0 Å². The highest BCUT2D eigenvalue weighted by atomic mass is 79.9. The number of amides is 2. The van der Waals surface area contributed by atoms with Gasteiger partial charge in [0.1, 0.15) is 5.69 Å². The van der Waals surface area contributed by atoms with Crippen molar-refractivity contribution in [2.45, 2.75) is 0 Å². The molecule has 1 aliphatic heterocycles. The summed E-state index contributed by atoms with van der Waals surface area (Å²) in [5.41, 5.74) is 1.54. The number of nitro benzene ring substituents is 2. The number of hydrazone groups is 1. The minimum absolute atomic E-state index is 0.0964. The first-order valence-corrected chi connectivity index (χ1v) is 9.55. The predicted molar refractivity (Wildman–Crippen MR) is 118 cm³/mol. The smallest absolute Gasteiger partial charge is 0.301 e. The Kier molecular flexibility index (Phi) is 6.31. The third kappa shape index (κ3) is 4.70. The monoisotopic (exact) mass is 506 g/mol. The van der Waals surface area contributed by atoms with Crippen LogP contribution in [0.25, 0.3) is 0 Å². The first-order chi connectivity index (χ1) is 14.7. The minimum Gasteiger partial charge on any atom is -0.301 e. The van der Waals surface area contributed by atoms with Crippen molar-refractivity contribution >= 4 is 74.0 Å². The van der Waals surface area contributed by atoms with Crippen molar-refractivity contribution in [3.63, 3.8) is 0 Å². The molecule has 0 bridgehead atoms. The maximum Gasteiger partial charge on any atom is 0.301 e. The Morgan fingerprint density at radius 3 is 2.42 bits per heavy atom. The average molecular weight is 507 g/mol. The van der Waals surface area contributed by atoms with E-state index in [0.717, 1.165) is 33.8 Å². The zero-order valence-electron chi connectivity index (χ0n) is 15.2. The summed E-state index contributed by atoms with van der Waals surface area (Å²) in [5.74, 6) is -2.74. The SMILES string of the molecule is O=C1NC(=S)N(c2ccc(Br)cc2)C(=O)[C@@H]1/C=N\Nc1ccc([N+](=O)[O-])cc1[N+](=O)[O-]. The molecule has 3 rings (SSSR count). The maximum atomic E-state index is 12.8. The van der Waals surface area contributed by atoms with E-state index in [1.165, 1.54) is 0 Å². The minimum atomic E-state index is -1.36. The lowest BCUT2D eigenvalue weighted by Crippen LogP contribution is -2.58. The second-order valence-electron chi connectivity index (χ2n) is 6.03. The van der Waals surface area contributed by atoms with Gasteiger partial charge in [0.25, 0.3) is 11.6 Å². The van der Waals surface area contributed by atoms with Gasteiger partial charge in [0, 0.05) is 16.8 Å². The van der Waals surface area contributed by atoms with Crippen LogP contribution < -0.4 is 15.6 Å². The van der Waals surface area contributed by atoms with E-state index in [0.29, 0.717) is 5.69 Å². The highest BCUT2D eigenvalue weighted by Gasteiger charge is 2.38. The molecule has 1 heterocycles. The number of nitrogens with zero attached hydrogens (tertiary/aromatic N) is 4. The lowest BCUT2D eigenvalue weighted by molar-refractivity contribution is -0.393. The van der Waals surface area contributed by atoms with Gasteiger partial charge < -0.3 is 5.32 Å². The summed E-state index contributed by atoms with van der Waals surface area (Å²) in [5, 5.41) is 28.0. The molecular weight excluding hydrogens is 496 g/mol. The van der Waals surface area contributed by atoms with Gasteiger partial charge in [-0.1, -0.05) is 15.9 Å². The van der Waals surface area contributed by atoms with Crippen LogP contribution in [0.5, 0.6) is 0 Å². The van der Waals surface area contributed by atoms with Gasteiger partial charge in [-0.2, -0.15) is 5.10 Å². The Morgan fingerprint density at radius 1 is 1.13 bits per heavy atom. The summed E-state index contributed by atoms with van der Waals surface area (Å²) in [6.45, 7) is 0. The number of halogens is 1. The van der Waals surface area contributed by atoms with Crippen molar-refractivity contribution in [1.29, 1.82) is 0 Å². The standard InChI is InChI=1S/C17H11BrN6O6S/c18-9-1-3-10(4-2-9)22-16(26)12(15(25)20-17(22)31)8-19-21-13-6-5-11(23(27)28)7-14(13)24(29)30/h1-8,12,21H,(H,20,25,31)/b19-8-/t12-/m1/s1. The van der Waals surface area contributed by atoms with E-state index in [2.05, 4.69) is 31.8 Å². The molecule has 2 amide bonds. The Hall–Kier alpha value is -3.78. The Balaban J connectivity index is 1.83. The van der Waals surface area contributed by atoms with Gasteiger partial charge in [0.05, 0.1) is 21.6 Å². The van der Waals surface area contributed by atoms with Gasteiger partial charge in [-0.3, -0.25) is 40.1 Å². The molecule has 12 nitrogen and oxygen atoms in total. The van der Waals surface area contributed by atoms with Crippen molar-refractivity contribution < 1.29 is 19.4 Å². The number of non-ortho nitro benzene ring substituents is 1. The number of hydrogen-bond donors (Lipinski definition) is 2. The molecular formula is C17H11BrN6O6S. The molecule has 0 spiro atoms. The summed E-state index contributed by atoms with van der Waals surface area (Å²) >= 11 is 8.37.